The van der Waals surface area contributed by atoms with E-state index < -0.39 is 6.04 Å². The quantitative estimate of drug-likeness (QED) is 0.428. The van der Waals surface area contributed by atoms with Crippen LogP contribution in [0, 0.1) is 0 Å². The van der Waals surface area contributed by atoms with Crippen LogP contribution in [0.4, 0.5) is 0 Å². The first-order valence-corrected chi connectivity index (χ1v) is 11.4. The normalized spacial score (nSPS) is 11.5. The smallest absolute Gasteiger partial charge is 0.261 e. The molecule has 0 saturated carbocycles. The largest absolute Gasteiger partial charge is 0.497 e. The van der Waals surface area contributed by atoms with Crippen LogP contribution in [0.15, 0.2) is 42.5 Å². The molecule has 8 heteroatoms. The van der Waals surface area contributed by atoms with Crippen molar-refractivity contribution in [2.45, 2.75) is 45.7 Å². The van der Waals surface area contributed by atoms with E-state index in [1.165, 1.54) is 0 Å². The van der Waals surface area contributed by atoms with Crippen molar-refractivity contribution in [3.8, 4) is 11.5 Å². The summed E-state index contributed by atoms with van der Waals surface area (Å²) in [4.78, 5) is 27.6. The lowest BCUT2D eigenvalue weighted by molar-refractivity contribution is -0.143. The summed E-state index contributed by atoms with van der Waals surface area (Å²) in [6.45, 7) is 4.50. The van der Waals surface area contributed by atoms with Gasteiger partial charge in [0.25, 0.3) is 5.91 Å². The summed E-state index contributed by atoms with van der Waals surface area (Å²) in [6, 6.07) is 11.6. The minimum Gasteiger partial charge on any atom is -0.497 e. The third-order valence-electron chi connectivity index (χ3n) is 4.95. The molecule has 0 aliphatic rings. The maximum Gasteiger partial charge on any atom is 0.261 e. The van der Waals surface area contributed by atoms with Gasteiger partial charge in [-0.2, -0.15) is 0 Å². The summed E-state index contributed by atoms with van der Waals surface area (Å²) in [5.74, 6) is 0.531. The van der Waals surface area contributed by atoms with E-state index in [9.17, 15) is 9.59 Å². The topological polar surface area (TPSA) is 67.9 Å². The number of amides is 2. The molecule has 1 atom stereocenters. The molecule has 0 spiro atoms. The highest BCUT2D eigenvalue weighted by atomic mass is 35.5. The summed E-state index contributed by atoms with van der Waals surface area (Å²) >= 11 is 12.1. The average molecular weight is 481 g/mol. The van der Waals surface area contributed by atoms with Gasteiger partial charge in [0, 0.05) is 18.1 Å². The first kappa shape index (κ1) is 25.8. The Bertz CT molecular complexity index is 907. The predicted molar refractivity (Wildman–Crippen MR) is 127 cm³/mol. The number of rotatable bonds is 12. The van der Waals surface area contributed by atoms with Gasteiger partial charge in [-0.25, -0.2) is 0 Å². The Hall–Kier alpha value is -2.44. The monoisotopic (exact) mass is 480 g/mol. The highest BCUT2D eigenvalue weighted by molar-refractivity contribution is 6.35. The Morgan fingerprint density at radius 2 is 1.91 bits per heavy atom. The number of nitrogens with zero attached hydrogens (tertiary/aromatic N) is 1. The maximum atomic E-state index is 13.2. The van der Waals surface area contributed by atoms with Crippen molar-refractivity contribution >= 4 is 35.0 Å². The zero-order chi connectivity index (χ0) is 23.5. The van der Waals surface area contributed by atoms with Crippen LogP contribution in [0.2, 0.25) is 10.0 Å². The van der Waals surface area contributed by atoms with Gasteiger partial charge in [-0.1, -0.05) is 55.6 Å². The summed E-state index contributed by atoms with van der Waals surface area (Å²) in [5, 5.41) is 3.72. The number of unbranched alkanes of at least 4 members (excludes halogenated alkanes) is 1. The van der Waals surface area contributed by atoms with Crippen LogP contribution in [0.1, 0.15) is 38.7 Å². The highest BCUT2D eigenvalue weighted by Gasteiger charge is 2.29. The highest BCUT2D eigenvalue weighted by Crippen LogP contribution is 2.27. The molecule has 0 aliphatic carbocycles. The van der Waals surface area contributed by atoms with Gasteiger partial charge in [0.1, 0.15) is 17.5 Å². The molecule has 2 amide bonds. The van der Waals surface area contributed by atoms with E-state index in [0.29, 0.717) is 34.5 Å². The molecule has 0 aliphatic heterocycles. The molecule has 0 radical (unpaired) electrons. The van der Waals surface area contributed by atoms with Crippen molar-refractivity contribution in [2.75, 3.05) is 20.3 Å². The number of carbonyl (C=O) groups excluding carboxylic acids is 2. The summed E-state index contributed by atoms with van der Waals surface area (Å²) in [6.07, 6.45) is 2.32. The third-order valence-corrected chi connectivity index (χ3v) is 5.48. The summed E-state index contributed by atoms with van der Waals surface area (Å²) in [7, 11) is 1.59. The van der Waals surface area contributed by atoms with Crippen LogP contribution in [0.25, 0.3) is 0 Å². The van der Waals surface area contributed by atoms with Crippen molar-refractivity contribution in [3.05, 3.63) is 58.1 Å². The van der Waals surface area contributed by atoms with Crippen molar-refractivity contribution in [1.29, 1.82) is 0 Å². The van der Waals surface area contributed by atoms with Gasteiger partial charge in [0.2, 0.25) is 5.91 Å². The predicted octanol–water partition coefficient (Wildman–Crippen LogP) is 5.10. The number of nitrogens with one attached hydrogen (secondary N) is 1. The number of ether oxygens (including phenoxy) is 2. The molecule has 6 nitrogen and oxygen atoms in total. The minimum absolute atomic E-state index is 0.179. The van der Waals surface area contributed by atoms with E-state index in [4.69, 9.17) is 32.7 Å². The molecule has 0 aromatic heterocycles. The van der Waals surface area contributed by atoms with Crippen molar-refractivity contribution < 1.29 is 19.1 Å². The fourth-order valence-corrected chi connectivity index (χ4v) is 3.67. The molecule has 0 heterocycles. The van der Waals surface area contributed by atoms with Gasteiger partial charge in [-0.15, -0.1) is 0 Å². The van der Waals surface area contributed by atoms with Crippen LogP contribution in [0.3, 0.4) is 0 Å². The lowest BCUT2D eigenvalue weighted by Crippen LogP contribution is -2.50. The second-order valence-corrected chi connectivity index (χ2v) is 8.15. The number of hydrogen-bond donors (Lipinski definition) is 1. The van der Waals surface area contributed by atoms with E-state index >= 15 is 0 Å². The average Bonchev–Trinajstić information content (AvgIpc) is 2.78. The van der Waals surface area contributed by atoms with E-state index in [2.05, 4.69) is 12.2 Å². The Morgan fingerprint density at radius 1 is 1.12 bits per heavy atom. The fraction of sp³-hybridized carbons (Fsp3) is 0.417. The zero-order valence-electron chi connectivity index (χ0n) is 18.7. The third kappa shape index (κ3) is 7.61. The van der Waals surface area contributed by atoms with Crippen molar-refractivity contribution in [3.63, 3.8) is 0 Å². The van der Waals surface area contributed by atoms with Crippen LogP contribution < -0.4 is 14.8 Å². The zero-order valence-corrected chi connectivity index (χ0v) is 20.2. The van der Waals surface area contributed by atoms with Gasteiger partial charge in [0.15, 0.2) is 6.61 Å². The Kier molecular flexibility index (Phi) is 10.6. The molecule has 2 aromatic rings. The molecular weight excluding hydrogens is 451 g/mol. The van der Waals surface area contributed by atoms with Gasteiger partial charge >= 0.3 is 0 Å². The van der Waals surface area contributed by atoms with E-state index in [1.807, 2.05) is 31.2 Å². The molecule has 0 fully saturated rings. The molecule has 2 rings (SSSR count). The van der Waals surface area contributed by atoms with Crippen LogP contribution in [-0.4, -0.2) is 43.0 Å². The minimum atomic E-state index is -0.630. The summed E-state index contributed by atoms with van der Waals surface area (Å²) in [5.41, 5.74) is 0.849. The molecule has 0 bridgehead atoms. The van der Waals surface area contributed by atoms with Gasteiger partial charge in [0.05, 0.1) is 12.1 Å². The molecule has 0 saturated heterocycles. The van der Waals surface area contributed by atoms with E-state index in [0.717, 1.165) is 18.4 Å². The Morgan fingerprint density at radius 3 is 2.56 bits per heavy atom. The van der Waals surface area contributed by atoms with E-state index in [-0.39, 0.29) is 25.0 Å². The van der Waals surface area contributed by atoms with Crippen molar-refractivity contribution in [1.82, 2.24) is 10.2 Å². The first-order chi connectivity index (χ1) is 15.4. The number of hydrogen-bond acceptors (Lipinski definition) is 4. The molecule has 1 N–H and O–H groups in total. The maximum absolute atomic E-state index is 13.2. The molecule has 1 unspecified atom stereocenters. The van der Waals surface area contributed by atoms with Gasteiger partial charge in [-0.3, -0.25) is 9.59 Å². The SMILES string of the molecule is CCCCNC(=O)C(CC)N(Cc1cccc(OC)c1)C(=O)COc1ccc(Cl)cc1Cl. The van der Waals surface area contributed by atoms with Gasteiger partial charge in [-0.05, 0) is 48.7 Å². The number of benzene rings is 2. The van der Waals surface area contributed by atoms with Crippen LogP contribution in [0.5, 0.6) is 11.5 Å². The second-order valence-electron chi connectivity index (χ2n) is 7.31. The number of methoxy groups -OCH3 is 1. The van der Waals surface area contributed by atoms with Crippen LogP contribution in [-0.2, 0) is 16.1 Å². The van der Waals surface area contributed by atoms with Gasteiger partial charge < -0.3 is 19.7 Å². The van der Waals surface area contributed by atoms with Crippen molar-refractivity contribution in [2.24, 2.45) is 0 Å². The lowest BCUT2D eigenvalue weighted by atomic mass is 10.1. The Labute approximate surface area is 199 Å². The number of halogens is 2. The molecule has 2 aromatic carbocycles. The standard InChI is InChI=1S/C24H30Cl2N2O4/c1-4-6-12-27-24(30)21(5-2)28(15-17-8-7-9-19(13-17)31-3)23(29)16-32-22-11-10-18(25)14-20(22)26/h7-11,13-14,21H,4-6,12,15-16H2,1-3H3,(H,27,30). The molecule has 174 valence electrons. The fourth-order valence-electron chi connectivity index (χ4n) is 3.21. The summed E-state index contributed by atoms with van der Waals surface area (Å²) < 4.78 is 10.9. The van der Waals surface area contributed by atoms with E-state index in [1.54, 1.807) is 30.2 Å². The number of carbonyl (C=O) groups is 2. The second kappa shape index (κ2) is 13.2. The lowest BCUT2D eigenvalue weighted by Gasteiger charge is -2.30. The molecular formula is C24H30Cl2N2O4. The molecule has 32 heavy (non-hydrogen) atoms. The Balaban J connectivity index is 2.22. The first-order valence-electron chi connectivity index (χ1n) is 10.7. The van der Waals surface area contributed by atoms with Crippen LogP contribution >= 0.6 is 23.2 Å².